The predicted molar refractivity (Wildman–Crippen MR) is 81.7 cm³/mol. The summed E-state index contributed by atoms with van der Waals surface area (Å²) in [6.07, 6.45) is 2.60. The van der Waals surface area contributed by atoms with Crippen molar-refractivity contribution in [1.82, 2.24) is 4.90 Å². The van der Waals surface area contributed by atoms with Crippen LogP contribution in [0.15, 0.2) is 29.2 Å². The van der Waals surface area contributed by atoms with Gasteiger partial charge >= 0.3 is 0 Å². The lowest BCUT2D eigenvalue weighted by atomic mass is 9.79. The van der Waals surface area contributed by atoms with Crippen molar-refractivity contribution in [2.75, 3.05) is 19.3 Å². The van der Waals surface area contributed by atoms with Gasteiger partial charge in [-0.1, -0.05) is 18.2 Å². The SMILES string of the molecule is CSc1ccccc1CN1C[C@H]2C[C@H](O)[C@@H](O)C[C@H]2C1. The highest BCUT2D eigenvalue weighted by atomic mass is 32.2. The van der Waals surface area contributed by atoms with Crippen molar-refractivity contribution in [1.29, 1.82) is 0 Å². The zero-order valence-electron chi connectivity index (χ0n) is 11.9. The van der Waals surface area contributed by atoms with Crippen molar-refractivity contribution in [2.24, 2.45) is 11.8 Å². The van der Waals surface area contributed by atoms with Gasteiger partial charge in [-0.05, 0) is 42.6 Å². The smallest absolute Gasteiger partial charge is 0.0802 e. The Morgan fingerprint density at radius 1 is 1.10 bits per heavy atom. The molecule has 1 aliphatic carbocycles. The highest BCUT2D eigenvalue weighted by Crippen LogP contribution is 2.37. The highest BCUT2D eigenvalue weighted by molar-refractivity contribution is 7.98. The summed E-state index contributed by atoms with van der Waals surface area (Å²) in [5.74, 6) is 1.10. The van der Waals surface area contributed by atoms with Crippen molar-refractivity contribution in [2.45, 2.75) is 36.5 Å². The minimum atomic E-state index is -0.519. The molecule has 0 spiro atoms. The van der Waals surface area contributed by atoms with Crippen LogP contribution in [0.2, 0.25) is 0 Å². The average molecular weight is 293 g/mol. The van der Waals surface area contributed by atoms with Crippen molar-refractivity contribution in [3.05, 3.63) is 29.8 Å². The summed E-state index contributed by atoms with van der Waals surface area (Å²) >= 11 is 1.80. The molecule has 1 aromatic carbocycles. The Balaban J connectivity index is 1.66. The van der Waals surface area contributed by atoms with E-state index in [0.29, 0.717) is 11.8 Å². The molecule has 1 aliphatic heterocycles. The summed E-state index contributed by atoms with van der Waals surface area (Å²) in [7, 11) is 0. The maximum absolute atomic E-state index is 9.81. The lowest BCUT2D eigenvalue weighted by Gasteiger charge is -2.32. The molecule has 2 fully saturated rings. The number of benzene rings is 1. The molecule has 0 amide bonds. The molecular weight excluding hydrogens is 270 g/mol. The first-order valence-electron chi connectivity index (χ1n) is 7.37. The van der Waals surface area contributed by atoms with Gasteiger partial charge in [0.15, 0.2) is 0 Å². The lowest BCUT2D eigenvalue weighted by Crippen LogP contribution is -2.38. The van der Waals surface area contributed by atoms with E-state index < -0.39 is 12.2 Å². The maximum atomic E-state index is 9.81. The number of thioether (sulfide) groups is 1. The minimum Gasteiger partial charge on any atom is -0.390 e. The fraction of sp³-hybridized carbons (Fsp3) is 0.625. The molecule has 0 unspecified atom stereocenters. The first kappa shape index (κ1) is 14.4. The Labute approximate surface area is 125 Å². The van der Waals surface area contributed by atoms with Crippen molar-refractivity contribution in [3.8, 4) is 0 Å². The summed E-state index contributed by atoms with van der Waals surface area (Å²) in [6, 6.07) is 8.58. The van der Waals surface area contributed by atoms with Crippen molar-refractivity contribution < 1.29 is 10.2 Å². The van der Waals surface area contributed by atoms with E-state index in [1.807, 2.05) is 0 Å². The van der Waals surface area contributed by atoms with Gasteiger partial charge < -0.3 is 10.2 Å². The number of nitrogens with zero attached hydrogens (tertiary/aromatic N) is 1. The molecule has 0 radical (unpaired) electrons. The van der Waals surface area contributed by atoms with E-state index in [9.17, 15) is 10.2 Å². The standard InChI is InChI=1S/C16H23NO2S/c1-20-16-5-3-2-4-11(16)8-17-9-12-6-14(18)15(19)7-13(12)10-17/h2-5,12-15,18-19H,6-10H2,1H3/t12-,13+,14-,15-/m0/s1. The van der Waals surface area contributed by atoms with Crippen LogP contribution in [-0.2, 0) is 6.54 Å². The van der Waals surface area contributed by atoms with Crippen LogP contribution in [0.4, 0.5) is 0 Å². The van der Waals surface area contributed by atoms with Crippen LogP contribution in [0.5, 0.6) is 0 Å². The summed E-state index contributed by atoms with van der Waals surface area (Å²) in [4.78, 5) is 3.83. The average Bonchev–Trinajstić information content (AvgIpc) is 2.81. The zero-order chi connectivity index (χ0) is 14.1. The van der Waals surface area contributed by atoms with Gasteiger partial charge in [0.05, 0.1) is 12.2 Å². The second kappa shape index (κ2) is 6.06. The van der Waals surface area contributed by atoms with Gasteiger partial charge in [-0.3, -0.25) is 4.90 Å². The van der Waals surface area contributed by atoms with Gasteiger partial charge in [-0.15, -0.1) is 11.8 Å². The van der Waals surface area contributed by atoms with Crippen LogP contribution in [0, 0.1) is 11.8 Å². The summed E-state index contributed by atoms with van der Waals surface area (Å²) in [6.45, 7) is 3.09. The third-order valence-corrected chi connectivity index (χ3v) is 5.61. The quantitative estimate of drug-likeness (QED) is 0.836. The van der Waals surface area contributed by atoms with Crippen LogP contribution >= 0.6 is 11.8 Å². The molecule has 20 heavy (non-hydrogen) atoms. The number of fused-ring (bicyclic) bond motifs is 1. The first-order chi connectivity index (χ1) is 9.67. The summed E-state index contributed by atoms with van der Waals surface area (Å²) < 4.78 is 0. The second-order valence-corrected chi connectivity index (χ2v) is 6.98. The molecule has 4 atom stereocenters. The molecule has 4 heteroatoms. The van der Waals surface area contributed by atoms with Crippen molar-refractivity contribution >= 4 is 11.8 Å². The van der Waals surface area contributed by atoms with Crippen LogP contribution in [-0.4, -0.2) is 46.7 Å². The number of hydrogen-bond donors (Lipinski definition) is 2. The van der Waals surface area contributed by atoms with Gasteiger partial charge in [0, 0.05) is 24.5 Å². The molecule has 110 valence electrons. The Bertz CT molecular complexity index is 450. The van der Waals surface area contributed by atoms with E-state index in [1.165, 1.54) is 10.5 Å². The number of aliphatic hydroxyl groups is 2. The molecule has 2 N–H and O–H groups in total. The molecule has 1 saturated heterocycles. The Morgan fingerprint density at radius 2 is 1.70 bits per heavy atom. The van der Waals surface area contributed by atoms with Crippen LogP contribution in [0.3, 0.4) is 0 Å². The Hall–Kier alpha value is -0.550. The Morgan fingerprint density at radius 3 is 2.30 bits per heavy atom. The number of aliphatic hydroxyl groups excluding tert-OH is 2. The van der Waals surface area contributed by atoms with E-state index in [2.05, 4.69) is 35.4 Å². The minimum absolute atomic E-state index is 0.519. The van der Waals surface area contributed by atoms with Gasteiger partial charge in [0.2, 0.25) is 0 Å². The van der Waals surface area contributed by atoms with Crippen LogP contribution in [0.1, 0.15) is 18.4 Å². The van der Waals surface area contributed by atoms with E-state index in [1.54, 1.807) is 11.8 Å². The maximum Gasteiger partial charge on any atom is 0.0802 e. The number of hydrogen-bond acceptors (Lipinski definition) is 4. The third-order valence-electron chi connectivity index (χ3n) is 4.77. The molecule has 1 saturated carbocycles. The molecule has 3 nitrogen and oxygen atoms in total. The van der Waals surface area contributed by atoms with Gasteiger partial charge in [-0.25, -0.2) is 0 Å². The predicted octanol–water partition coefficient (Wildman–Crippen LogP) is 1.97. The van der Waals surface area contributed by atoms with Gasteiger partial charge in [-0.2, -0.15) is 0 Å². The molecule has 1 aromatic rings. The molecule has 0 aromatic heterocycles. The van der Waals surface area contributed by atoms with E-state index in [0.717, 1.165) is 32.5 Å². The van der Waals surface area contributed by atoms with Crippen molar-refractivity contribution in [3.63, 3.8) is 0 Å². The number of likely N-dealkylation sites (tertiary alicyclic amines) is 1. The van der Waals surface area contributed by atoms with E-state index in [4.69, 9.17) is 0 Å². The highest BCUT2D eigenvalue weighted by Gasteiger charge is 2.40. The van der Waals surface area contributed by atoms with Crippen LogP contribution in [0.25, 0.3) is 0 Å². The van der Waals surface area contributed by atoms with Gasteiger partial charge in [0.25, 0.3) is 0 Å². The molecular formula is C16H23NO2S. The van der Waals surface area contributed by atoms with Crippen LogP contribution < -0.4 is 0 Å². The third kappa shape index (κ3) is 2.89. The second-order valence-electron chi connectivity index (χ2n) is 6.13. The normalized spacial score (nSPS) is 34.1. The van der Waals surface area contributed by atoms with E-state index >= 15 is 0 Å². The first-order valence-corrected chi connectivity index (χ1v) is 8.60. The monoisotopic (exact) mass is 293 g/mol. The largest absolute Gasteiger partial charge is 0.390 e. The fourth-order valence-electron chi connectivity index (χ4n) is 3.71. The lowest BCUT2D eigenvalue weighted by molar-refractivity contribution is -0.0372. The Kier molecular flexibility index (Phi) is 4.36. The summed E-state index contributed by atoms with van der Waals surface area (Å²) in [5, 5.41) is 19.6. The molecule has 1 heterocycles. The summed E-state index contributed by atoms with van der Waals surface area (Å²) in [5.41, 5.74) is 1.39. The van der Waals surface area contributed by atoms with Gasteiger partial charge in [0.1, 0.15) is 0 Å². The fourth-order valence-corrected chi connectivity index (χ4v) is 4.32. The molecule has 2 aliphatic rings. The molecule has 3 rings (SSSR count). The zero-order valence-corrected chi connectivity index (χ0v) is 12.7. The number of rotatable bonds is 3. The van der Waals surface area contributed by atoms with E-state index in [-0.39, 0.29) is 0 Å². The molecule has 0 bridgehead atoms. The topological polar surface area (TPSA) is 43.7 Å².